The van der Waals surface area contributed by atoms with E-state index in [1.807, 2.05) is 6.92 Å². The van der Waals surface area contributed by atoms with E-state index in [1.165, 1.54) is 9.13 Å². The summed E-state index contributed by atoms with van der Waals surface area (Å²) >= 11 is 0. The molecule has 0 fully saturated rings. The van der Waals surface area contributed by atoms with E-state index in [-0.39, 0.29) is 12.1 Å². The Kier molecular flexibility index (Phi) is 4.33. The van der Waals surface area contributed by atoms with Crippen LogP contribution in [0.4, 0.5) is 0 Å². The summed E-state index contributed by atoms with van der Waals surface area (Å²) in [7, 11) is 1.61. The summed E-state index contributed by atoms with van der Waals surface area (Å²) in [6.07, 6.45) is 4.06. The molecule has 7 heteroatoms. The van der Waals surface area contributed by atoms with Crippen molar-refractivity contribution >= 4 is 11.0 Å². The van der Waals surface area contributed by atoms with Gasteiger partial charge in [0.15, 0.2) is 0 Å². The second-order valence-electron chi connectivity index (χ2n) is 5.74. The van der Waals surface area contributed by atoms with Gasteiger partial charge in [0.05, 0.1) is 11.9 Å². The third-order valence-electron chi connectivity index (χ3n) is 4.19. The molecule has 0 aromatic carbocycles. The number of aryl methyl sites for hydroxylation is 2. The summed E-state index contributed by atoms with van der Waals surface area (Å²) in [5.41, 5.74) is 1.24. The molecule has 3 aromatic rings. The molecule has 7 nitrogen and oxygen atoms in total. The maximum Gasteiger partial charge on any atom is 0.332 e. The minimum Gasteiger partial charge on any atom is -0.361 e. The fourth-order valence-electron chi connectivity index (χ4n) is 2.95. The first-order chi connectivity index (χ1) is 11.6. The molecule has 0 spiro atoms. The zero-order valence-electron chi connectivity index (χ0n) is 14.1. The normalized spacial score (nSPS) is 11.3. The first-order valence-electron chi connectivity index (χ1n) is 8.09. The third kappa shape index (κ3) is 2.55. The fourth-order valence-corrected chi connectivity index (χ4v) is 2.95. The van der Waals surface area contributed by atoms with Gasteiger partial charge < -0.3 is 4.52 Å². The summed E-state index contributed by atoms with van der Waals surface area (Å²) in [6.45, 7) is 4.19. The molecule has 0 unspecified atom stereocenters. The average Bonchev–Trinajstić information content (AvgIpc) is 2.98. The largest absolute Gasteiger partial charge is 0.361 e. The lowest BCUT2D eigenvalue weighted by Crippen LogP contribution is -2.39. The summed E-state index contributed by atoms with van der Waals surface area (Å²) in [5, 5.41) is 4.51. The Morgan fingerprint density at radius 2 is 2.04 bits per heavy atom. The van der Waals surface area contributed by atoms with Crippen molar-refractivity contribution in [3.63, 3.8) is 0 Å². The smallest absolute Gasteiger partial charge is 0.332 e. The second-order valence-corrected chi connectivity index (χ2v) is 5.74. The second kappa shape index (κ2) is 6.43. The number of hydrogen-bond acceptors (Lipinski definition) is 5. The molecular weight excluding hydrogens is 308 g/mol. The van der Waals surface area contributed by atoms with Crippen LogP contribution >= 0.6 is 0 Å². The van der Waals surface area contributed by atoms with Gasteiger partial charge in [-0.15, -0.1) is 0 Å². The number of nitrogens with zero attached hydrogens (tertiary/aromatic N) is 4. The van der Waals surface area contributed by atoms with Crippen molar-refractivity contribution in [1.82, 2.24) is 19.3 Å². The minimum absolute atomic E-state index is 0.104. The monoisotopic (exact) mass is 328 g/mol. The Bertz CT molecular complexity index is 997. The van der Waals surface area contributed by atoms with Gasteiger partial charge in [0.25, 0.3) is 5.56 Å². The van der Waals surface area contributed by atoms with Crippen LogP contribution in [0.3, 0.4) is 0 Å². The van der Waals surface area contributed by atoms with Crippen LogP contribution in [0.1, 0.15) is 37.3 Å². The Morgan fingerprint density at radius 1 is 1.25 bits per heavy atom. The number of aromatic nitrogens is 4. The van der Waals surface area contributed by atoms with Gasteiger partial charge in [0, 0.05) is 25.2 Å². The number of rotatable bonds is 5. The molecule has 0 radical (unpaired) electrons. The van der Waals surface area contributed by atoms with Gasteiger partial charge in [-0.1, -0.05) is 19.0 Å². The van der Waals surface area contributed by atoms with Crippen molar-refractivity contribution in [2.24, 2.45) is 7.05 Å². The van der Waals surface area contributed by atoms with Crippen LogP contribution in [0.5, 0.6) is 0 Å². The molecule has 24 heavy (non-hydrogen) atoms. The van der Waals surface area contributed by atoms with Crippen LogP contribution in [0.25, 0.3) is 11.0 Å². The van der Waals surface area contributed by atoms with Gasteiger partial charge in [-0.3, -0.25) is 13.9 Å². The summed E-state index contributed by atoms with van der Waals surface area (Å²) < 4.78 is 7.99. The molecule has 0 atom stereocenters. The SMILES string of the molecule is CCCc1onc(Cn2c(=O)c3cccnc3n(C)c2=O)c1CC. The average molecular weight is 328 g/mol. The van der Waals surface area contributed by atoms with Crippen LogP contribution in [0.15, 0.2) is 32.4 Å². The quantitative estimate of drug-likeness (QED) is 0.711. The van der Waals surface area contributed by atoms with Gasteiger partial charge in [-0.05, 0) is 25.0 Å². The number of pyridine rings is 1. The summed E-state index contributed by atoms with van der Waals surface area (Å²) in [6, 6.07) is 3.36. The van der Waals surface area contributed by atoms with Gasteiger partial charge in [-0.25, -0.2) is 9.78 Å². The van der Waals surface area contributed by atoms with Crippen molar-refractivity contribution in [3.05, 3.63) is 56.2 Å². The molecule has 126 valence electrons. The van der Waals surface area contributed by atoms with E-state index < -0.39 is 5.69 Å². The first kappa shape index (κ1) is 16.2. The van der Waals surface area contributed by atoms with Crippen LogP contribution in [0.2, 0.25) is 0 Å². The molecule has 3 aromatic heterocycles. The lowest BCUT2D eigenvalue weighted by Gasteiger charge is -2.09. The maximum atomic E-state index is 12.7. The predicted octanol–water partition coefficient (Wildman–Crippen LogP) is 1.65. The van der Waals surface area contributed by atoms with Crippen LogP contribution in [-0.2, 0) is 26.4 Å². The van der Waals surface area contributed by atoms with Crippen molar-refractivity contribution in [2.75, 3.05) is 0 Å². The maximum absolute atomic E-state index is 12.7. The molecule has 0 N–H and O–H groups in total. The molecule has 0 amide bonds. The Balaban J connectivity index is 2.15. The van der Waals surface area contributed by atoms with Crippen molar-refractivity contribution in [1.29, 1.82) is 0 Å². The highest BCUT2D eigenvalue weighted by Crippen LogP contribution is 2.17. The van der Waals surface area contributed by atoms with E-state index >= 15 is 0 Å². The highest BCUT2D eigenvalue weighted by atomic mass is 16.5. The zero-order valence-corrected chi connectivity index (χ0v) is 14.1. The van der Waals surface area contributed by atoms with E-state index in [4.69, 9.17) is 4.52 Å². The minimum atomic E-state index is -0.409. The van der Waals surface area contributed by atoms with Gasteiger partial charge >= 0.3 is 5.69 Å². The first-order valence-corrected chi connectivity index (χ1v) is 8.09. The van der Waals surface area contributed by atoms with E-state index in [9.17, 15) is 9.59 Å². The highest BCUT2D eigenvalue weighted by molar-refractivity contribution is 5.73. The van der Waals surface area contributed by atoms with E-state index in [0.29, 0.717) is 16.7 Å². The molecular formula is C17H20N4O3. The molecule has 0 aliphatic carbocycles. The molecule has 0 aliphatic rings. The van der Waals surface area contributed by atoms with Crippen LogP contribution in [-0.4, -0.2) is 19.3 Å². The standard InChI is InChI=1S/C17H20N4O3/c1-4-7-14-11(5-2)13(19-24-14)10-21-16(22)12-8-6-9-18-15(12)20(3)17(21)23/h6,8-9H,4-5,7,10H2,1-3H3. The Morgan fingerprint density at radius 3 is 2.75 bits per heavy atom. The lowest BCUT2D eigenvalue weighted by atomic mass is 10.1. The van der Waals surface area contributed by atoms with Crippen LogP contribution in [0, 0.1) is 0 Å². The van der Waals surface area contributed by atoms with E-state index in [1.54, 1.807) is 25.4 Å². The van der Waals surface area contributed by atoms with Crippen molar-refractivity contribution in [3.8, 4) is 0 Å². The number of hydrogen-bond donors (Lipinski definition) is 0. The Hall–Kier alpha value is -2.70. The third-order valence-corrected chi connectivity index (χ3v) is 4.19. The highest BCUT2D eigenvalue weighted by Gasteiger charge is 2.18. The molecule has 0 aliphatic heterocycles. The fraction of sp³-hybridized carbons (Fsp3) is 0.412. The predicted molar refractivity (Wildman–Crippen MR) is 90.2 cm³/mol. The molecule has 0 saturated carbocycles. The summed E-state index contributed by atoms with van der Waals surface area (Å²) in [4.78, 5) is 29.4. The molecule has 3 heterocycles. The van der Waals surface area contributed by atoms with E-state index in [0.717, 1.165) is 30.6 Å². The number of fused-ring (bicyclic) bond motifs is 1. The van der Waals surface area contributed by atoms with Crippen LogP contribution < -0.4 is 11.2 Å². The van der Waals surface area contributed by atoms with Crippen molar-refractivity contribution < 1.29 is 4.52 Å². The molecule has 0 bridgehead atoms. The van der Waals surface area contributed by atoms with Crippen molar-refractivity contribution in [2.45, 2.75) is 39.7 Å². The molecule has 0 saturated heterocycles. The topological polar surface area (TPSA) is 82.9 Å². The Labute approximate surface area is 138 Å². The van der Waals surface area contributed by atoms with E-state index in [2.05, 4.69) is 17.1 Å². The lowest BCUT2D eigenvalue weighted by molar-refractivity contribution is 0.373. The van der Waals surface area contributed by atoms with Gasteiger partial charge in [-0.2, -0.15) is 0 Å². The zero-order chi connectivity index (χ0) is 17.3. The molecule has 3 rings (SSSR count). The van der Waals surface area contributed by atoms with Gasteiger partial charge in [0.1, 0.15) is 17.1 Å². The summed E-state index contributed by atoms with van der Waals surface area (Å²) in [5.74, 6) is 0.835. The van der Waals surface area contributed by atoms with Gasteiger partial charge in [0.2, 0.25) is 0 Å².